The van der Waals surface area contributed by atoms with Gasteiger partial charge in [0, 0.05) is 5.41 Å². The molecule has 0 aromatic heterocycles. The predicted octanol–water partition coefficient (Wildman–Crippen LogP) is 4.47. The zero-order valence-electron chi connectivity index (χ0n) is 11.7. The Morgan fingerprint density at radius 1 is 0.950 bits per heavy atom. The average molecular weight is 263 g/mol. The second-order valence-electron chi connectivity index (χ2n) is 5.56. The highest BCUT2D eigenvalue weighted by atomic mass is 16.3. The van der Waals surface area contributed by atoms with Crippen LogP contribution in [0, 0.1) is 0 Å². The summed E-state index contributed by atoms with van der Waals surface area (Å²) in [6.45, 7) is 4.39. The maximum absolute atomic E-state index is 9.29. The van der Waals surface area contributed by atoms with E-state index in [9.17, 15) is 5.11 Å². The lowest BCUT2D eigenvalue weighted by Crippen LogP contribution is -2.23. The summed E-state index contributed by atoms with van der Waals surface area (Å²) in [4.78, 5) is 4.72. The number of phenolic OH excluding ortho intramolecular Hbond substituents is 1. The molecular formula is C18H17NO. The first kappa shape index (κ1) is 12.7. The first-order valence-electron chi connectivity index (χ1n) is 6.73. The number of nitrogens with zero attached hydrogens (tertiary/aromatic N) is 1. The van der Waals surface area contributed by atoms with Crippen LogP contribution in [-0.4, -0.2) is 10.8 Å². The van der Waals surface area contributed by atoms with Gasteiger partial charge >= 0.3 is 0 Å². The van der Waals surface area contributed by atoms with Crippen molar-refractivity contribution in [3.05, 3.63) is 65.7 Å². The molecule has 0 unspecified atom stereocenters. The van der Waals surface area contributed by atoms with Gasteiger partial charge in [0.25, 0.3) is 0 Å². The van der Waals surface area contributed by atoms with Crippen molar-refractivity contribution in [2.24, 2.45) is 4.99 Å². The maximum atomic E-state index is 9.29. The quantitative estimate of drug-likeness (QED) is 0.852. The van der Waals surface area contributed by atoms with Gasteiger partial charge in [0.05, 0.1) is 11.4 Å². The Kier molecular flexibility index (Phi) is 2.94. The number of fused-ring (bicyclic) bond motifs is 1. The Hall–Kier alpha value is -2.35. The number of hydrogen-bond acceptors (Lipinski definition) is 2. The summed E-state index contributed by atoms with van der Waals surface area (Å²) in [5.74, 6) is 0.285. The van der Waals surface area contributed by atoms with E-state index < -0.39 is 0 Å². The lowest BCUT2D eigenvalue weighted by Gasteiger charge is -2.20. The molecule has 20 heavy (non-hydrogen) atoms. The summed E-state index contributed by atoms with van der Waals surface area (Å²) in [6.07, 6.45) is 4.10. The molecule has 0 amide bonds. The molecule has 2 heteroatoms. The SMILES string of the molecule is CC1(C)C(/C=C/c2ccc(O)cc2)=Nc2ccccc21. The first-order valence-corrected chi connectivity index (χ1v) is 6.73. The van der Waals surface area contributed by atoms with E-state index in [0.29, 0.717) is 0 Å². The van der Waals surface area contributed by atoms with Gasteiger partial charge in [-0.05, 0) is 35.4 Å². The van der Waals surface area contributed by atoms with Crippen LogP contribution in [-0.2, 0) is 5.41 Å². The number of aliphatic imine (C=N–C) groups is 1. The van der Waals surface area contributed by atoms with E-state index in [1.807, 2.05) is 24.3 Å². The zero-order valence-corrected chi connectivity index (χ0v) is 11.7. The molecule has 0 radical (unpaired) electrons. The molecular weight excluding hydrogens is 246 g/mol. The molecule has 2 aromatic carbocycles. The van der Waals surface area contributed by atoms with Crippen molar-refractivity contribution in [3.8, 4) is 5.75 Å². The molecule has 0 saturated carbocycles. The van der Waals surface area contributed by atoms with Crippen molar-refractivity contribution in [1.29, 1.82) is 0 Å². The third-order valence-corrected chi connectivity index (χ3v) is 3.79. The Balaban J connectivity index is 1.91. The standard InChI is InChI=1S/C18H17NO/c1-18(2)15-5-3-4-6-16(15)19-17(18)12-9-13-7-10-14(20)11-8-13/h3-12,20H,1-2H3/b12-9+. The fraction of sp³-hybridized carbons (Fsp3) is 0.167. The summed E-state index contributed by atoms with van der Waals surface area (Å²) in [6, 6.07) is 15.4. The third kappa shape index (κ3) is 2.14. The summed E-state index contributed by atoms with van der Waals surface area (Å²) in [5.41, 5.74) is 4.38. The molecule has 0 saturated heterocycles. The second kappa shape index (κ2) is 4.64. The number of allylic oxidation sites excluding steroid dienone is 1. The minimum Gasteiger partial charge on any atom is -0.508 e. The van der Waals surface area contributed by atoms with Crippen LogP contribution in [0.15, 0.2) is 59.6 Å². The van der Waals surface area contributed by atoms with Crippen LogP contribution in [0.1, 0.15) is 25.0 Å². The number of benzene rings is 2. The van der Waals surface area contributed by atoms with Crippen molar-refractivity contribution in [1.82, 2.24) is 0 Å². The van der Waals surface area contributed by atoms with Crippen LogP contribution >= 0.6 is 0 Å². The van der Waals surface area contributed by atoms with E-state index in [-0.39, 0.29) is 11.2 Å². The van der Waals surface area contributed by atoms with Gasteiger partial charge in [-0.3, -0.25) is 4.99 Å². The van der Waals surface area contributed by atoms with Crippen molar-refractivity contribution in [2.75, 3.05) is 0 Å². The first-order chi connectivity index (χ1) is 9.57. The molecule has 2 nitrogen and oxygen atoms in total. The molecule has 100 valence electrons. The molecule has 3 rings (SSSR count). The smallest absolute Gasteiger partial charge is 0.115 e. The molecule has 1 heterocycles. The lowest BCUT2D eigenvalue weighted by molar-refractivity contribution is 0.475. The van der Waals surface area contributed by atoms with Gasteiger partial charge in [-0.2, -0.15) is 0 Å². The molecule has 2 aromatic rings. The van der Waals surface area contributed by atoms with E-state index in [1.54, 1.807) is 12.1 Å². The van der Waals surface area contributed by atoms with Gasteiger partial charge < -0.3 is 5.11 Å². The highest BCUT2D eigenvalue weighted by molar-refractivity contribution is 6.10. The third-order valence-electron chi connectivity index (χ3n) is 3.79. The number of hydrogen-bond donors (Lipinski definition) is 1. The fourth-order valence-corrected chi connectivity index (χ4v) is 2.51. The van der Waals surface area contributed by atoms with Crippen LogP contribution in [0.2, 0.25) is 0 Å². The minimum atomic E-state index is -0.0655. The van der Waals surface area contributed by atoms with E-state index in [2.05, 4.69) is 38.1 Å². The van der Waals surface area contributed by atoms with Gasteiger partial charge in [0.1, 0.15) is 5.75 Å². The maximum Gasteiger partial charge on any atom is 0.115 e. The van der Waals surface area contributed by atoms with E-state index in [0.717, 1.165) is 17.0 Å². The second-order valence-corrected chi connectivity index (χ2v) is 5.56. The predicted molar refractivity (Wildman–Crippen MR) is 83.7 cm³/mol. The Morgan fingerprint density at radius 3 is 2.35 bits per heavy atom. The highest BCUT2D eigenvalue weighted by Gasteiger charge is 2.32. The number of para-hydroxylation sites is 1. The Labute approximate surface area is 119 Å². The normalized spacial score (nSPS) is 16.2. The Bertz CT molecular complexity index is 694. The van der Waals surface area contributed by atoms with Gasteiger partial charge in [-0.1, -0.05) is 50.3 Å². The van der Waals surface area contributed by atoms with Crippen LogP contribution < -0.4 is 0 Å². The molecule has 0 atom stereocenters. The summed E-state index contributed by atoms with van der Waals surface area (Å²) < 4.78 is 0. The van der Waals surface area contributed by atoms with Crippen LogP contribution in [0.4, 0.5) is 5.69 Å². The minimum absolute atomic E-state index is 0.0655. The highest BCUT2D eigenvalue weighted by Crippen LogP contribution is 2.40. The van der Waals surface area contributed by atoms with E-state index >= 15 is 0 Å². The van der Waals surface area contributed by atoms with Crippen molar-refractivity contribution < 1.29 is 5.11 Å². The monoisotopic (exact) mass is 263 g/mol. The van der Waals surface area contributed by atoms with Gasteiger partial charge in [-0.15, -0.1) is 0 Å². The summed E-state index contributed by atoms with van der Waals surface area (Å²) >= 11 is 0. The van der Waals surface area contributed by atoms with Crippen LogP contribution in [0.5, 0.6) is 5.75 Å². The molecule has 0 spiro atoms. The number of aromatic hydroxyl groups is 1. The van der Waals surface area contributed by atoms with Crippen molar-refractivity contribution in [3.63, 3.8) is 0 Å². The van der Waals surface area contributed by atoms with Gasteiger partial charge in [0.15, 0.2) is 0 Å². The molecule has 0 aliphatic carbocycles. The summed E-state index contributed by atoms with van der Waals surface area (Å²) in [7, 11) is 0. The largest absolute Gasteiger partial charge is 0.508 e. The summed E-state index contributed by atoms with van der Waals surface area (Å²) in [5, 5.41) is 9.29. The van der Waals surface area contributed by atoms with Gasteiger partial charge in [-0.25, -0.2) is 0 Å². The van der Waals surface area contributed by atoms with Crippen molar-refractivity contribution >= 4 is 17.5 Å². The van der Waals surface area contributed by atoms with Crippen LogP contribution in [0.3, 0.4) is 0 Å². The number of phenols is 1. The van der Waals surface area contributed by atoms with E-state index in [1.165, 1.54) is 5.56 Å². The fourth-order valence-electron chi connectivity index (χ4n) is 2.51. The van der Waals surface area contributed by atoms with Crippen molar-refractivity contribution in [2.45, 2.75) is 19.3 Å². The molecule has 1 aliphatic heterocycles. The number of rotatable bonds is 2. The lowest BCUT2D eigenvalue weighted by atomic mass is 9.81. The van der Waals surface area contributed by atoms with Crippen LogP contribution in [0.25, 0.3) is 6.08 Å². The molecule has 0 bridgehead atoms. The Morgan fingerprint density at radius 2 is 1.65 bits per heavy atom. The topological polar surface area (TPSA) is 32.6 Å². The molecule has 0 fully saturated rings. The molecule has 1 N–H and O–H groups in total. The zero-order chi connectivity index (χ0) is 14.2. The van der Waals surface area contributed by atoms with E-state index in [4.69, 9.17) is 4.99 Å². The van der Waals surface area contributed by atoms with Gasteiger partial charge in [0.2, 0.25) is 0 Å². The molecule has 1 aliphatic rings. The average Bonchev–Trinajstić information content (AvgIpc) is 2.70.